The zero-order valence-electron chi connectivity index (χ0n) is 4.50. The maximum atomic E-state index is 5.58. The molecule has 2 heterocycles. The first kappa shape index (κ1) is 5.65. The van der Waals surface area contributed by atoms with Gasteiger partial charge in [-0.25, -0.2) is 4.98 Å². The van der Waals surface area contributed by atoms with E-state index in [0.717, 1.165) is 11.5 Å². The number of hydrogen-bond donors (Lipinski definition) is 0. The summed E-state index contributed by atoms with van der Waals surface area (Å²) in [5.74, 6) is 0. The lowest BCUT2D eigenvalue weighted by Gasteiger charge is -1.77. The summed E-state index contributed by atoms with van der Waals surface area (Å²) in [6, 6.07) is 0. The van der Waals surface area contributed by atoms with E-state index < -0.39 is 0 Å². The van der Waals surface area contributed by atoms with Gasteiger partial charge in [-0.1, -0.05) is 11.6 Å². The van der Waals surface area contributed by atoms with E-state index in [-0.39, 0.29) is 0 Å². The maximum Gasteiger partial charge on any atom is 0.183 e. The number of thiazole rings is 1. The van der Waals surface area contributed by atoms with Gasteiger partial charge in [0.15, 0.2) is 4.47 Å². The van der Waals surface area contributed by atoms with Crippen LogP contribution in [0.25, 0.3) is 0 Å². The average Bonchev–Trinajstić information content (AvgIpc) is 2.58. The van der Waals surface area contributed by atoms with E-state index in [2.05, 4.69) is 4.98 Å². The standard InChI is InChI=1S/C5H4ClNOS/c6-5-7-1-4(9-5)3-2-8-3/h1,3H,2H2/t3-/m0/s1. The Morgan fingerprint density at radius 1 is 1.89 bits per heavy atom. The third-order valence-electron chi connectivity index (χ3n) is 1.15. The summed E-state index contributed by atoms with van der Waals surface area (Å²) in [5.41, 5.74) is 0. The minimum Gasteiger partial charge on any atom is -0.367 e. The van der Waals surface area contributed by atoms with Crippen LogP contribution in [-0.2, 0) is 4.74 Å². The predicted octanol–water partition coefficient (Wildman–Crippen LogP) is 1.87. The molecule has 9 heavy (non-hydrogen) atoms. The van der Waals surface area contributed by atoms with Crippen molar-refractivity contribution in [3.8, 4) is 0 Å². The summed E-state index contributed by atoms with van der Waals surface area (Å²) < 4.78 is 5.62. The maximum absolute atomic E-state index is 5.58. The molecule has 1 aromatic heterocycles. The van der Waals surface area contributed by atoms with E-state index in [4.69, 9.17) is 16.3 Å². The van der Waals surface area contributed by atoms with Gasteiger partial charge in [-0.2, -0.15) is 0 Å². The zero-order valence-corrected chi connectivity index (χ0v) is 6.08. The van der Waals surface area contributed by atoms with Crippen LogP contribution >= 0.6 is 22.9 Å². The predicted molar refractivity (Wildman–Crippen MR) is 35.8 cm³/mol. The van der Waals surface area contributed by atoms with Gasteiger partial charge in [-0.3, -0.25) is 0 Å². The highest BCUT2D eigenvalue weighted by atomic mass is 35.5. The lowest BCUT2D eigenvalue weighted by atomic mass is 10.4. The molecule has 0 saturated carbocycles. The molecule has 1 fully saturated rings. The van der Waals surface area contributed by atoms with Gasteiger partial charge in [-0.15, -0.1) is 11.3 Å². The Morgan fingerprint density at radius 2 is 2.67 bits per heavy atom. The summed E-state index contributed by atoms with van der Waals surface area (Å²) >= 11 is 7.07. The van der Waals surface area contributed by atoms with E-state index in [0.29, 0.717) is 10.6 Å². The normalized spacial score (nSPS) is 24.3. The second-order valence-corrected chi connectivity index (χ2v) is 3.48. The topological polar surface area (TPSA) is 25.4 Å². The van der Waals surface area contributed by atoms with Crippen molar-refractivity contribution in [2.45, 2.75) is 6.10 Å². The summed E-state index contributed by atoms with van der Waals surface area (Å²) in [5, 5.41) is 0. The van der Waals surface area contributed by atoms with Gasteiger partial charge in [0.05, 0.1) is 11.5 Å². The first-order chi connectivity index (χ1) is 4.36. The van der Waals surface area contributed by atoms with E-state index in [1.807, 2.05) is 0 Å². The molecular weight excluding hydrogens is 158 g/mol. The van der Waals surface area contributed by atoms with Crippen molar-refractivity contribution in [3.63, 3.8) is 0 Å². The smallest absolute Gasteiger partial charge is 0.183 e. The van der Waals surface area contributed by atoms with Crippen LogP contribution < -0.4 is 0 Å². The van der Waals surface area contributed by atoms with E-state index in [1.54, 1.807) is 6.20 Å². The molecule has 48 valence electrons. The summed E-state index contributed by atoms with van der Waals surface area (Å²) in [6.07, 6.45) is 2.07. The van der Waals surface area contributed by atoms with Gasteiger partial charge in [0.25, 0.3) is 0 Å². The molecule has 4 heteroatoms. The molecule has 1 aliphatic heterocycles. The molecule has 0 bridgehead atoms. The fraction of sp³-hybridized carbons (Fsp3) is 0.400. The number of ether oxygens (including phenoxy) is 1. The van der Waals surface area contributed by atoms with Gasteiger partial charge in [-0.05, 0) is 0 Å². The molecule has 1 saturated heterocycles. The van der Waals surface area contributed by atoms with E-state index >= 15 is 0 Å². The average molecular weight is 162 g/mol. The molecule has 2 rings (SSSR count). The molecule has 1 atom stereocenters. The molecular formula is C5H4ClNOS. The van der Waals surface area contributed by atoms with Crippen LogP contribution in [0.2, 0.25) is 4.47 Å². The molecule has 2 nitrogen and oxygen atoms in total. The minimum absolute atomic E-state index is 0.301. The fourth-order valence-corrected chi connectivity index (χ4v) is 1.61. The largest absolute Gasteiger partial charge is 0.367 e. The van der Waals surface area contributed by atoms with Gasteiger partial charge in [0.2, 0.25) is 0 Å². The van der Waals surface area contributed by atoms with Gasteiger partial charge in [0, 0.05) is 6.20 Å². The third-order valence-corrected chi connectivity index (χ3v) is 2.35. The highest BCUT2D eigenvalue weighted by molar-refractivity contribution is 7.15. The Morgan fingerprint density at radius 3 is 3.11 bits per heavy atom. The Labute approximate surface area is 61.4 Å². The molecule has 0 N–H and O–H groups in total. The van der Waals surface area contributed by atoms with Crippen LogP contribution in [0.1, 0.15) is 11.0 Å². The Balaban J connectivity index is 2.28. The Bertz CT molecular complexity index is 220. The highest BCUT2D eigenvalue weighted by Crippen LogP contribution is 2.34. The van der Waals surface area contributed by atoms with Crippen LogP contribution in [0.4, 0.5) is 0 Å². The number of aromatic nitrogens is 1. The SMILES string of the molecule is Clc1ncc([C@@H]2CO2)s1. The number of rotatable bonds is 1. The van der Waals surface area contributed by atoms with Gasteiger partial charge >= 0.3 is 0 Å². The van der Waals surface area contributed by atoms with E-state index in [1.165, 1.54) is 11.3 Å². The molecule has 0 aliphatic carbocycles. The molecule has 1 aromatic rings. The Hall–Kier alpha value is -0.120. The molecule has 0 spiro atoms. The highest BCUT2D eigenvalue weighted by Gasteiger charge is 2.26. The van der Waals surface area contributed by atoms with Crippen molar-refractivity contribution >= 4 is 22.9 Å². The zero-order chi connectivity index (χ0) is 6.27. The molecule has 0 aromatic carbocycles. The van der Waals surface area contributed by atoms with Crippen molar-refractivity contribution in [2.75, 3.05) is 6.61 Å². The van der Waals surface area contributed by atoms with Gasteiger partial charge in [0.1, 0.15) is 6.10 Å². The van der Waals surface area contributed by atoms with Crippen LogP contribution in [0, 0.1) is 0 Å². The van der Waals surface area contributed by atoms with Crippen molar-refractivity contribution in [1.29, 1.82) is 0 Å². The second-order valence-electron chi connectivity index (χ2n) is 1.84. The molecule has 0 amide bonds. The fourth-order valence-electron chi connectivity index (χ4n) is 0.626. The van der Waals surface area contributed by atoms with E-state index in [9.17, 15) is 0 Å². The quantitative estimate of drug-likeness (QED) is 0.588. The third kappa shape index (κ3) is 1.08. The molecule has 1 aliphatic rings. The van der Waals surface area contributed by atoms with Crippen molar-refractivity contribution in [3.05, 3.63) is 15.5 Å². The molecule has 0 radical (unpaired) electrons. The van der Waals surface area contributed by atoms with Crippen LogP contribution in [-0.4, -0.2) is 11.6 Å². The monoisotopic (exact) mass is 161 g/mol. The Kier molecular flexibility index (Phi) is 1.22. The number of nitrogens with zero attached hydrogens (tertiary/aromatic N) is 1. The van der Waals surface area contributed by atoms with Crippen LogP contribution in [0.3, 0.4) is 0 Å². The summed E-state index contributed by atoms with van der Waals surface area (Å²) in [7, 11) is 0. The first-order valence-electron chi connectivity index (χ1n) is 2.59. The van der Waals surface area contributed by atoms with Gasteiger partial charge < -0.3 is 4.74 Å². The number of hydrogen-bond acceptors (Lipinski definition) is 3. The lowest BCUT2D eigenvalue weighted by Crippen LogP contribution is -1.66. The second kappa shape index (κ2) is 1.94. The van der Waals surface area contributed by atoms with Crippen molar-refractivity contribution in [1.82, 2.24) is 4.98 Å². The number of halogens is 1. The molecule has 0 unspecified atom stereocenters. The number of epoxide rings is 1. The van der Waals surface area contributed by atoms with Crippen molar-refractivity contribution in [2.24, 2.45) is 0 Å². The van der Waals surface area contributed by atoms with Crippen molar-refractivity contribution < 1.29 is 4.74 Å². The van der Waals surface area contributed by atoms with Crippen LogP contribution in [0.15, 0.2) is 6.20 Å². The summed E-state index contributed by atoms with van der Waals surface area (Å²) in [6.45, 7) is 0.832. The van der Waals surface area contributed by atoms with Crippen LogP contribution in [0.5, 0.6) is 0 Å². The minimum atomic E-state index is 0.301. The first-order valence-corrected chi connectivity index (χ1v) is 3.78. The summed E-state index contributed by atoms with van der Waals surface area (Å²) in [4.78, 5) is 5.02. The lowest BCUT2D eigenvalue weighted by molar-refractivity contribution is 0.418.